The molecule has 2 aromatic heterocycles. The Balaban J connectivity index is 1.25. The number of carbonyl (C=O) groups excluding carboxylic acids is 1. The Morgan fingerprint density at radius 2 is 2.32 bits per heavy atom. The third-order valence-corrected chi connectivity index (χ3v) is 6.29. The first kappa shape index (κ1) is 19.3. The maximum atomic E-state index is 12.4. The number of nitrogens with zero attached hydrogens (tertiary/aromatic N) is 3. The number of aliphatic hydroxyl groups excluding tert-OH is 1. The molecule has 3 N–H and O–H groups in total. The van der Waals surface area contributed by atoms with Crippen molar-refractivity contribution >= 4 is 23.1 Å². The number of ether oxygens (including phenoxy) is 1. The Bertz CT molecular complexity index is 839. The van der Waals surface area contributed by atoms with Crippen molar-refractivity contribution in [1.29, 1.82) is 0 Å². The number of nitrogens with one attached hydrogen (secondary N) is 2. The van der Waals surface area contributed by atoms with Crippen LogP contribution in [-0.2, 0) is 17.7 Å². The van der Waals surface area contributed by atoms with Crippen molar-refractivity contribution in [2.75, 3.05) is 38.2 Å². The van der Waals surface area contributed by atoms with Crippen molar-refractivity contribution in [2.24, 2.45) is 0 Å². The van der Waals surface area contributed by atoms with E-state index >= 15 is 0 Å². The second-order valence-electron chi connectivity index (χ2n) is 7.34. The van der Waals surface area contributed by atoms with E-state index in [0.29, 0.717) is 25.6 Å². The van der Waals surface area contributed by atoms with Gasteiger partial charge in [-0.25, -0.2) is 9.97 Å². The van der Waals surface area contributed by atoms with E-state index in [1.165, 1.54) is 22.3 Å². The lowest BCUT2D eigenvalue weighted by atomic mass is 10.1. The van der Waals surface area contributed by atoms with Crippen LogP contribution in [0, 0.1) is 6.92 Å². The molecule has 0 bridgehead atoms. The summed E-state index contributed by atoms with van der Waals surface area (Å²) < 4.78 is 5.12. The molecule has 0 aliphatic carbocycles. The number of hydrogen-bond acceptors (Lipinski definition) is 8. The van der Waals surface area contributed by atoms with Crippen molar-refractivity contribution in [3.05, 3.63) is 39.5 Å². The quantitative estimate of drug-likeness (QED) is 0.629. The lowest BCUT2D eigenvalue weighted by Crippen LogP contribution is -2.42. The number of aryl methyl sites for hydroxylation is 1. The van der Waals surface area contributed by atoms with E-state index in [-0.39, 0.29) is 24.2 Å². The summed E-state index contributed by atoms with van der Waals surface area (Å²) in [6, 6.07) is 1.84. The molecule has 0 radical (unpaired) electrons. The van der Waals surface area contributed by atoms with Crippen LogP contribution >= 0.6 is 11.3 Å². The standard InChI is InChI=1S/C19H25N5O3S/c1-12-10-28-17-2-3-24(7-15(12)17)6-14(25)5-20-19(26)16-4-18(22-11-21-16)23-13-8-27-9-13/h4,10-11,13-14,25H,2-3,5-9H2,1H3,(H,20,26)(H,21,22,23)/t14-/m0/s1. The normalized spacial score (nSPS) is 18.2. The number of aliphatic hydroxyl groups is 1. The number of rotatable bonds is 7. The zero-order valence-corrected chi connectivity index (χ0v) is 16.7. The topological polar surface area (TPSA) is 99.6 Å². The van der Waals surface area contributed by atoms with Crippen LogP contribution in [0.15, 0.2) is 17.8 Å². The van der Waals surface area contributed by atoms with Crippen LogP contribution in [0.1, 0.15) is 26.5 Å². The monoisotopic (exact) mass is 403 g/mol. The Hall–Kier alpha value is -2.07. The second kappa shape index (κ2) is 8.52. The SMILES string of the molecule is Cc1csc2c1CN(C[C@@H](O)CNC(=O)c1cc(NC3COC3)ncn1)CC2. The highest BCUT2D eigenvalue weighted by atomic mass is 32.1. The van der Waals surface area contributed by atoms with Crippen molar-refractivity contribution in [3.8, 4) is 0 Å². The van der Waals surface area contributed by atoms with Gasteiger partial charge in [0.1, 0.15) is 17.8 Å². The number of carbonyl (C=O) groups is 1. The van der Waals surface area contributed by atoms with E-state index in [1.54, 1.807) is 6.07 Å². The van der Waals surface area contributed by atoms with Crippen LogP contribution < -0.4 is 10.6 Å². The van der Waals surface area contributed by atoms with Crippen LogP contribution in [-0.4, -0.2) is 70.9 Å². The van der Waals surface area contributed by atoms with Gasteiger partial charge in [-0.15, -0.1) is 11.3 Å². The van der Waals surface area contributed by atoms with E-state index in [9.17, 15) is 9.90 Å². The van der Waals surface area contributed by atoms with E-state index in [1.807, 2.05) is 11.3 Å². The van der Waals surface area contributed by atoms with Gasteiger partial charge in [-0.1, -0.05) is 0 Å². The highest BCUT2D eigenvalue weighted by Crippen LogP contribution is 2.27. The molecule has 1 saturated heterocycles. The van der Waals surface area contributed by atoms with E-state index in [0.717, 1.165) is 19.5 Å². The minimum absolute atomic E-state index is 0.189. The number of amides is 1. The highest BCUT2D eigenvalue weighted by Gasteiger charge is 2.22. The molecule has 2 aromatic rings. The highest BCUT2D eigenvalue weighted by molar-refractivity contribution is 7.10. The van der Waals surface area contributed by atoms with E-state index in [4.69, 9.17) is 4.74 Å². The van der Waals surface area contributed by atoms with Crippen molar-refractivity contribution in [2.45, 2.75) is 32.0 Å². The molecule has 0 aromatic carbocycles. The number of hydrogen-bond donors (Lipinski definition) is 3. The van der Waals surface area contributed by atoms with Gasteiger partial charge in [-0.2, -0.15) is 0 Å². The van der Waals surface area contributed by atoms with Gasteiger partial charge >= 0.3 is 0 Å². The third-order valence-electron chi connectivity index (χ3n) is 5.08. The predicted octanol–water partition coefficient (Wildman–Crippen LogP) is 0.806. The number of aromatic nitrogens is 2. The smallest absolute Gasteiger partial charge is 0.270 e. The number of anilines is 1. The second-order valence-corrected chi connectivity index (χ2v) is 8.30. The first-order valence-electron chi connectivity index (χ1n) is 9.49. The summed E-state index contributed by atoms with van der Waals surface area (Å²) >= 11 is 1.82. The largest absolute Gasteiger partial charge is 0.390 e. The Labute approximate surface area is 167 Å². The summed E-state index contributed by atoms with van der Waals surface area (Å²) in [5.74, 6) is 0.285. The molecule has 1 amide bonds. The van der Waals surface area contributed by atoms with Gasteiger partial charge in [0.05, 0.1) is 25.4 Å². The zero-order valence-electron chi connectivity index (χ0n) is 15.9. The minimum Gasteiger partial charge on any atom is -0.390 e. The molecule has 150 valence electrons. The molecule has 0 unspecified atom stereocenters. The summed E-state index contributed by atoms with van der Waals surface area (Å²) in [7, 11) is 0. The van der Waals surface area contributed by atoms with Gasteiger partial charge in [0.25, 0.3) is 5.91 Å². The average molecular weight is 404 g/mol. The average Bonchev–Trinajstić information content (AvgIpc) is 3.03. The number of β-amino-alcohol motifs (C(OH)–C–C–N with tert-alkyl or cyclic N) is 1. The van der Waals surface area contributed by atoms with Crippen molar-refractivity contribution in [3.63, 3.8) is 0 Å². The van der Waals surface area contributed by atoms with Gasteiger partial charge in [0.2, 0.25) is 0 Å². The van der Waals surface area contributed by atoms with Crippen molar-refractivity contribution in [1.82, 2.24) is 20.2 Å². The summed E-state index contributed by atoms with van der Waals surface area (Å²) in [5.41, 5.74) is 3.00. The summed E-state index contributed by atoms with van der Waals surface area (Å²) in [4.78, 5) is 24.2. The fourth-order valence-corrected chi connectivity index (χ4v) is 4.45. The van der Waals surface area contributed by atoms with E-state index < -0.39 is 6.10 Å². The molecule has 2 aliphatic heterocycles. The molecule has 28 heavy (non-hydrogen) atoms. The first-order valence-corrected chi connectivity index (χ1v) is 10.4. The summed E-state index contributed by atoms with van der Waals surface area (Å²) in [5, 5.41) is 18.5. The zero-order chi connectivity index (χ0) is 19.5. The minimum atomic E-state index is -0.629. The first-order chi connectivity index (χ1) is 13.6. The molecular weight excluding hydrogens is 378 g/mol. The van der Waals surface area contributed by atoms with Gasteiger partial charge in [-0.05, 0) is 29.9 Å². The molecule has 4 rings (SSSR count). The molecule has 1 fully saturated rings. The maximum absolute atomic E-state index is 12.4. The van der Waals surface area contributed by atoms with Crippen LogP contribution in [0.4, 0.5) is 5.82 Å². The fraction of sp³-hybridized carbons (Fsp3) is 0.526. The van der Waals surface area contributed by atoms with Crippen LogP contribution in [0.2, 0.25) is 0 Å². The molecule has 2 aliphatic rings. The van der Waals surface area contributed by atoms with Crippen LogP contribution in [0.3, 0.4) is 0 Å². The molecule has 0 saturated carbocycles. The third kappa shape index (κ3) is 4.49. The van der Waals surface area contributed by atoms with Gasteiger partial charge in [-0.3, -0.25) is 9.69 Å². The lowest BCUT2D eigenvalue weighted by Gasteiger charge is -2.29. The number of thiophene rings is 1. The summed E-state index contributed by atoms with van der Waals surface area (Å²) in [6.45, 7) is 5.94. The molecule has 0 spiro atoms. The molecule has 4 heterocycles. The van der Waals surface area contributed by atoms with Gasteiger partial charge < -0.3 is 20.5 Å². The molecule has 9 heteroatoms. The maximum Gasteiger partial charge on any atom is 0.270 e. The molecule has 8 nitrogen and oxygen atoms in total. The lowest BCUT2D eigenvalue weighted by molar-refractivity contribution is 0.0209. The van der Waals surface area contributed by atoms with Gasteiger partial charge in [0, 0.05) is 37.1 Å². The molecule has 1 atom stereocenters. The van der Waals surface area contributed by atoms with Crippen LogP contribution in [0.25, 0.3) is 0 Å². The van der Waals surface area contributed by atoms with Gasteiger partial charge in [0.15, 0.2) is 0 Å². The predicted molar refractivity (Wildman–Crippen MR) is 107 cm³/mol. The number of fused-ring (bicyclic) bond motifs is 1. The summed E-state index contributed by atoms with van der Waals surface area (Å²) in [6.07, 6.45) is 1.76. The van der Waals surface area contributed by atoms with Crippen molar-refractivity contribution < 1.29 is 14.6 Å². The Morgan fingerprint density at radius 1 is 1.46 bits per heavy atom. The fourth-order valence-electron chi connectivity index (χ4n) is 3.41. The Kier molecular flexibility index (Phi) is 5.86. The Morgan fingerprint density at radius 3 is 3.11 bits per heavy atom. The molecular formula is C19H25N5O3S. The van der Waals surface area contributed by atoms with E-state index in [2.05, 4.69) is 37.8 Å². The van der Waals surface area contributed by atoms with Crippen LogP contribution in [0.5, 0.6) is 0 Å².